The molecule has 7 nitrogen and oxygen atoms in total. The molecule has 34 heavy (non-hydrogen) atoms. The number of likely N-dealkylation sites (tertiary alicyclic amines) is 1. The maximum atomic E-state index is 12.7. The molecule has 1 saturated heterocycles. The van der Waals surface area contributed by atoms with Gasteiger partial charge in [-0.2, -0.15) is 10.4 Å². The lowest BCUT2D eigenvalue weighted by Crippen LogP contribution is -2.40. The number of anilines is 1. The van der Waals surface area contributed by atoms with Crippen molar-refractivity contribution in [1.29, 1.82) is 5.26 Å². The van der Waals surface area contributed by atoms with Crippen LogP contribution in [0.15, 0.2) is 59.9 Å². The number of amides is 1. The fourth-order valence-corrected chi connectivity index (χ4v) is 4.40. The van der Waals surface area contributed by atoms with E-state index in [1.165, 1.54) is 0 Å². The highest BCUT2D eigenvalue weighted by Crippen LogP contribution is 2.25. The van der Waals surface area contributed by atoms with Crippen molar-refractivity contribution in [2.24, 2.45) is 10.9 Å². The molecule has 0 atom stereocenters. The van der Waals surface area contributed by atoms with Crippen LogP contribution in [-0.2, 0) is 11.2 Å². The monoisotopic (exact) mass is 454 g/mol. The van der Waals surface area contributed by atoms with Crippen LogP contribution in [0.1, 0.15) is 36.0 Å². The van der Waals surface area contributed by atoms with Gasteiger partial charge in [0.1, 0.15) is 0 Å². The molecule has 1 aliphatic heterocycles. The number of piperidine rings is 1. The number of rotatable bonds is 8. The zero-order valence-corrected chi connectivity index (χ0v) is 19.5. The quantitative estimate of drug-likeness (QED) is 0.497. The van der Waals surface area contributed by atoms with Crippen molar-refractivity contribution in [3.05, 3.63) is 71.5 Å². The Morgan fingerprint density at radius 1 is 1.26 bits per heavy atom. The van der Waals surface area contributed by atoms with E-state index >= 15 is 0 Å². The number of H-pyrrole nitrogens is 1. The second-order valence-corrected chi connectivity index (χ2v) is 8.69. The summed E-state index contributed by atoms with van der Waals surface area (Å²) >= 11 is 0. The lowest BCUT2D eigenvalue weighted by molar-refractivity contribution is -0.132. The Labute approximate surface area is 200 Å². The second kappa shape index (κ2) is 11.3. The number of hydrogen-bond acceptors (Lipinski definition) is 5. The molecule has 0 radical (unpaired) electrons. The topological polar surface area (TPSA) is 97.2 Å². The van der Waals surface area contributed by atoms with Gasteiger partial charge in [-0.15, -0.1) is 0 Å². The normalized spacial score (nSPS) is 14.3. The molecule has 1 amide bonds. The molecular weight excluding hydrogens is 424 g/mol. The summed E-state index contributed by atoms with van der Waals surface area (Å²) in [6, 6.07) is 16.0. The van der Waals surface area contributed by atoms with E-state index < -0.39 is 0 Å². The maximum Gasteiger partial charge on any atom is 0.222 e. The van der Waals surface area contributed by atoms with Crippen LogP contribution in [0.5, 0.6) is 0 Å². The van der Waals surface area contributed by atoms with Crippen molar-refractivity contribution in [3.63, 3.8) is 0 Å². The largest absolute Gasteiger partial charge is 0.384 e. The van der Waals surface area contributed by atoms with Crippen LogP contribution in [0.25, 0.3) is 11.1 Å². The standard InChI is InChI=1S/C27H30N6O/c1-29-17-24-14-23(25-18-31-32-19-25)6-7-26(24)30-16-21-9-11-33(12-10-21)27(34)8-5-20-3-2-4-22(13-20)15-28/h2-4,6-7,13-14,17-19,21,30H,5,8-12,16H2,1H3,(H,31,32). The molecule has 0 saturated carbocycles. The Bertz CT molecular complexity index is 1170. The highest BCUT2D eigenvalue weighted by atomic mass is 16.2. The average molecular weight is 455 g/mol. The van der Waals surface area contributed by atoms with Gasteiger partial charge in [0.2, 0.25) is 5.91 Å². The number of aromatic nitrogens is 2. The van der Waals surface area contributed by atoms with E-state index in [-0.39, 0.29) is 5.91 Å². The Morgan fingerprint density at radius 2 is 2.12 bits per heavy atom. The molecule has 174 valence electrons. The minimum absolute atomic E-state index is 0.199. The van der Waals surface area contributed by atoms with Crippen LogP contribution in [0.2, 0.25) is 0 Å². The number of carbonyl (C=O) groups excluding carboxylic acids is 1. The molecule has 0 aliphatic carbocycles. The predicted octanol–water partition coefficient (Wildman–Crippen LogP) is 4.28. The minimum atomic E-state index is 0.199. The molecule has 1 aliphatic rings. The van der Waals surface area contributed by atoms with E-state index in [2.05, 4.69) is 44.8 Å². The van der Waals surface area contributed by atoms with Crippen LogP contribution in [-0.4, -0.2) is 53.9 Å². The first-order valence-corrected chi connectivity index (χ1v) is 11.7. The molecule has 4 rings (SSSR count). The summed E-state index contributed by atoms with van der Waals surface area (Å²) in [4.78, 5) is 18.9. The number of carbonyl (C=O) groups is 1. The van der Waals surface area contributed by atoms with Gasteiger partial charge >= 0.3 is 0 Å². The van der Waals surface area contributed by atoms with Gasteiger partial charge in [0, 0.05) is 62.3 Å². The van der Waals surface area contributed by atoms with Crippen molar-refractivity contribution >= 4 is 17.8 Å². The van der Waals surface area contributed by atoms with Crippen molar-refractivity contribution in [3.8, 4) is 17.2 Å². The summed E-state index contributed by atoms with van der Waals surface area (Å²) in [7, 11) is 1.78. The Kier molecular flexibility index (Phi) is 7.71. The molecule has 1 aromatic heterocycles. The Morgan fingerprint density at radius 3 is 2.85 bits per heavy atom. The number of nitrogens with zero attached hydrogens (tertiary/aromatic N) is 4. The van der Waals surface area contributed by atoms with E-state index in [1.54, 1.807) is 13.1 Å². The number of benzene rings is 2. The number of nitriles is 1. The molecule has 7 heteroatoms. The maximum absolute atomic E-state index is 12.7. The van der Waals surface area contributed by atoms with Crippen molar-refractivity contribution in [2.75, 3.05) is 32.0 Å². The molecule has 2 N–H and O–H groups in total. The highest BCUT2D eigenvalue weighted by Gasteiger charge is 2.22. The van der Waals surface area contributed by atoms with Gasteiger partial charge in [0.05, 0.1) is 17.8 Å². The average Bonchev–Trinajstić information content (AvgIpc) is 3.42. The van der Waals surface area contributed by atoms with Crippen LogP contribution >= 0.6 is 0 Å². The fraction of sp³-hybridized carbons (Fsp3) is 0.333. The molecule has 0 unspecified atom stereocenters. The molecule has 2 aromatic carbocycles. The number of nitrogens with one attached hydrogen (secondary N) is 2. The summed E-state index contributed by atoms with van der Waals surface area (Å²) in [5.74, 6) is 0.723. The zero-order valence-electron chi connectivity index (χ0n) is 19.5. The zero-order chi connectivity index (χ0) is 23.8. The van der Waals surface area contributed by atoms with E-state index in [9.17, 15) is 4.79 Å². The van der Waals surface area contributed by atoms with Crippen LogP contribution in [0.3, 0.4) is 0 Å². The smallest absolute Gasteiger partial charge is 0.222 e. The summed E-state index contributed by atoms with van der Waals surface area (Å²) in [6.45, 7) is 2.47. The van der Waals surface area contributed by atoms with E-state index in [0.717, 1.165) is 60.4 Å². The van der Waals surface area contributed by atoms with Gasteiger partial charge in [-0.25, -0.2) is 0 Å². The SMILES string of the molecule is CN=Cc1cc(-c2cn[nH]c2)ccc1NCC1CCN(C(=O)CCc2cccc(C#N)c2)CC1. The molecule has 2 heterocycles. The van der Waals surface area contributed by atoms with E-state index in [0.29, 0.717) is 24.3 Å². The predicted molar refractivity (Wildman–Crippen MR) is 135 cm³/mol. The highest BCUT2D eigenvalue weighted by molar-refractivity contribution is 5.90. The second-order valence-electron chi connectivity index (χ2n) is 8.69. The van der Waals surface area contributed by atoms with Gasteiger partial charge in [-0.05, 0) is 60.6 Å². The summed E-state index contributed by atoms with van der Waals surface area (Å²) in [6.07, 6.45) is 8.72. The summed E-state index contributed by atoms with van der Waals surface area (Å²) in [5, 5.41) is 19.5. The molecular formula is C27H30N6O. The minimum Gasteiger partial charge on any atom is -0.384 e. The molecule has 3 aromatic rings. The molecule has 1 fully saturated rings. The first kappa shape index (κ1) is 23.2. The third-order valence-corrected chi connectivity index (χ3v) is 6.38. The number of aliphatic imine (C=N–C) groups is 1. The van der Waals surface area contributed by atoms with E-state index in [4.69, 9.17) is 5.26 Å². The van der Waals surface area contributed by atoms with Gasteiger partial charge in [0.25, 0.3) is 0 Å². The lowest BCUT2D eigenvalue weighted by atomic mass is 9.95. The lowest BCUT2D eigenvalue weighted by Gasteiger charge is -2.32. The molecule has 0 spiro atoms. The van der Waals surface area contributed by atoms with Gasteiger partial charge < -0.3 is 10.2 Å². The Balaban J connectivity index is 1.26. The molecule has 0 bridgehead atoms. The van der Waals surface area contributed by atoms with Gasteiger partial charge in [0.15, 0.2) is 0 Å². The van der Waals surface area contributed by atoms with E-state index in [1.807, 2.05) is 41.7 Å². The van der Waals surface area contributed by atoms with Gasteiger partial charge in [-0.3, -0.25) is 14.9 Å². The Hall–Kier alpha value is -3.92. The van der Waals surface area contributed by atoms with Gasteiger partial charge in [-0.1, -0.05) is 18.2 Å². The van der Waals surface area contributed by atoms with Crippen LogP contribution in [0, 0.1) is 17.2 Å². The number of aryl methyl sites for hydroxylation is 1. The first-order valence-electron chi connectivity index (χ1n) is 11.7. The van der Waals surface area contributed by atoms with Crippen molar-refractivity contribution in [2.45, 2.75) is 25.7 Å². The third-order valence-electron chi connectivity index (χ3n) is 6.38. The summed E-state index contributed by atoms with van der Waals surface area (Å²) < 4.78 is 0. The third kappa shape index (κ3) is 5.90. The van der Waals surface area contributed by atoms with Crippen molar-refractivity contribution < 1.29 is 4.79 Å². The first-order chi connectivity index (χ1) is 16.7. The van der Waals surface area contributed by atoms with Crippen LogP contribution in [0.4, 0.5) is 5.69 Å². The number of aromatic amines is 1. The van der Waals surface area contributed by atoms with Crippen LogP contribution < -0.4 is 5.32 Å². The fourth-order valence-electron chi connectivity index (χ4n) is 4.40. The number of hydrogen-bond donors (Lipinski definition) is 2. The van der Waals surface area contributed by atoms with Crippen molar-refractivity contribution in [1.82, 2.24) is 15.1 Å². The summed E-state index contributed by atoms with van der Waals surface area (Å²) in [5.41, 5.74) is 5.94.